The fourth-order valence-electron chi connectivity index (χ4n) is 0.727. The minimum atomic E-state index is -0.365. The van der Waals surface area contributed by atoms with Gasteiger partial charge in [0, 0.05) is 5.70 Å². The van der Waals surface area contributed by atoms with Crippen LogP contribution in [-0.4, -0.2) is 12.6 Å². The van der Waals surface area contributed by atoms with Gasteiger partial charge in [0.15, 0.2) is 0 Å². The van der Waals surface area contributed by atoms with Gasteiger partial charge in [0.05, 0.1) is 0 Å². The van der Waals surface area contributed by atoms with Crippen LogP contribution in [0.15, 0.2) is 41.2 Å². The maximum Gasteiger partial charge on any atom is 0.292 e. The van der Waals surface area contributed by atoms with Crippen LogP contribution in [0.4, 0.5) is 0 Å². The zero-order valence-corrected chi connectivity index (χ0v) is 6.00. The summed E-state index contributed by atoms with van der Waals surface area (Å²) in [6.07, 6.45) is 5.13. The molecule has 1 N–H and O–H groups in total. The molecule has 1 aliphatic heterocycles. The summed E-state index contributed by atoms with van der Waals surface area (Å²) in [5, 5.41) is 2.76. The minimum absolute atomic E-state index is 0.365. The van der Waals surface area contributed by atoms with Gasteiger partial charge >= 0.3 is 0 Å². The second kappa shape index (κ2) is 2.96. The number of nitrogens with zero attached hydrogens (tertiary/aromatic N) is 1. The van der Waals surface area contributed by atoms with Crippen LogP contribution in [0.25, 0.3) is 0 Å². The van der Waals surface area contributed by atoms with E-state index in [-0.39, 0.29) is 5.91 Å². The van der Waals surface area contributed by atoms with Gasteiger partial charge in [-0.1, -0.05) is 12.7 Å². The lowest BCUT2D eigenvalue weighted by Gasteiger charge is -2.09. The Labute approximate surface area is 64.8 Å². The number of amides is 1. The summed E-state index contributed by atoms with van der Waals surface area (Å²) < 4.78 is 0. The topological polar surface area (TPSA) is 41.5 Å². The minimum Gasteiger partial charge on any atom is -0.351 e. The van der Waals surface area contributed by atoms with Crippen LogP contribution in [0.1, 0.15) is 0 Å². The number of rotatable bonds is 1. The average molecular weight is 148 g/mol. The molecule has 56 valence electrons. The third kappa shape index (κ3) is 1.64. The number of aliphatic imine (C=N–C) groups is 1. The molecule has 0 saturated heterocycles. The van der Waals surface area contributed by atoms with Gasteiger partial charge < -0.3 is 5.32 Å². The SMILES string of the molecule is C=NC(=O)C1=CC=CC(=C)N1. The van der Waals surface area contributed by atoms with Crippen molar-refractivity contribution in [2.75, 3.05) is 0 Å². The Bertz CT molecular complexity index is 274. The van der Waals surface area contributed by atoms with E-state index in [1.807, 2.05) is 0 Å². The first-order chi connectivity index (χ1) is 5.24. The predicted octanol–water partition coefficient (Wildman–Crippen LogP) is 0.771. The van der Waals surface area contributed by atoms with Crippen molar-refractivity contribution in [2.45, 2.75) is 0 Å². The third-order valence-electron chi connectivity index (χ3n) is 1.23. The third-order valence-corrected chi connectivity index (χ3v) is 1.23. The number of hydrogen-bond acceptors (Lipinski definition) is 2. The lowest BCUT2D eigenvalue weighted by Crippen LogP contribution is -2.18. The molecule has 1 rings (SSSR count). The van der Waals surface area contributed by atoms with Crippen LogP contribution >= 0.6 is 0 Å². The second-order valence-electron chi connectivity index (χ2n) is 2.05. The first-order valence-corrected chi connectivity index (χ1v) is 3.09. The van der Waals surface area contributed by atoms with Crippen molar-refractivity contribution >= 4 is 12.6 Å². The highest BCUT2D eigenvalue weighted by atomic mass is 16.1. The number of carbonyl (C=O) groups is 1. The maximum atomic E-state index is 10.9. The van der Waals surface area contributed by atoms with E-state index in [4.69, 9.17) is 0 Å². The summed E-state index contributed by atoms with van der Waals surface area (Å²) in [6, 6.07) is 0. The van der Waals surface area contributed by atoms with E-state index in [2.05, 4.69) is 23.6 Å². The highest BCUT2D eigenvalue weighted by molar-refractivity contribution is 5.96. The van der Waals surface area contributed by atoms with Gasteiger partial charge in [0.1, 0.15) is 5.70 Å². The van der Waals surface area contributed by atoms with Crippen LogP contribution in [0, 0.1) is 0 Å². The first-order valence-electron chi connectivity index (χ1n) is 3.09. The van der Waals surface area contributed by atoms with Crippen molar-refractivity contribution in [3.8, 4) is 0 Å². The fourth-order valence-corrected chi connectivity index (χ4v) is 0.727. The monoisotopic (exact) mass is 148 g/mol. The van der Waals surface area contributed by atoms with Crippen molar-refractivity contribution in [1.29, 1.82) is 0 Å². The largest absolute Gasteiger partial charge is 0.351 e. The van der Waals surface area contributed by atoms with Crippen molar-refractivity contribution in [2.24, 2.45) is 4.99 Å². The van der Waals surface area contributed by atoms with Gasteiger partial charge in [0.25, 0.3) is 5.91 Å². The van der Waals surface area contributed by atoms with Crippen LogP contribution < -0.4 is 5.32 Å². The Morgan fingerprint density at radius 3 is 2.91 bits per heavy atom. The molecule has 1 heterocycles. The summed E-state index contributed by atoms with van der Waals surface area (Å²) in [5.74, 6) is -0.365. The second-order valence-corrected chi connectivity index (χ2v) is 2.05. The molecule has 0 bridgehead atoms. The molecule has 0 aromatic carbocycles. The molecule has 1 aliphatic rings. The van der Waals surface area contributed by atoms with Gasteiger partial charge in [-0.15, -0.1) is 0 Å². The van der Waals surface area contributed by atoms with Gasteiger partial charge in [-0.05, 0) is 18.9 Å². The first kappa shape index (κ1) is 7.47. The molecule has 11 heavy (non-hydrogen) atoms. The molecule has 1 amide bonds. The van der Waals surface area contributed by atoms with Crippen LogP contribution in [-0.2, 0) is 4.79 Å². The van der Waals surface area contributed by atoms with Crippen molar-refractivity contribution in [3.63, 3.8) is 0 Å². The van der Waals surface area contributed by atoms with Crippen molar-refractivity contribution < 1.29 is 4.79 Å². The van der Waals surface area contributed by atoms with E-state index in [1.54, 1.807) is 18.2 Å². The highest BCUT2D eigenvalue weighted by Crippen LogP contribution is 2.04. The molecule has 0 atom stereocenters. The Balaban J connectivity index is 2.81. The predicted molar refractivity (Wildman–Crippen MR) is 44.1 cm³/mol. The van der Waals surface area contributed by atoms with Gasteiger partial charge in [-0.25, -0.2) is 4.99 Å². The molecule has 3 nitrogen and oxygen atoms in total. The smallest absolute Gasteiger partial charge is 0.292 e. The van der Waals surface area contributed by atoms with E-state index >= 15 is 0 Å². The number of allylic oxidation sites excluding steroid dienone is 3. The van der Waals surface area contributed by atoms with Gasteiger partial charge in [0.2, 0.25) is 0 Å². The standard InChI is InChI=1S/C8H8N2O/c1-6-4-3-5-7(10-6)8(11)9-2/h3-5,10H,1-2H2. The molecule has 0 radical (unpaired) electrons. The Hall–Kier alpha value is -1.64. The van der Waals surface area contributed by atoms with E-state index in [0.717, 1.165) is 0 Å². The summed E-state index contributed by atoms with van der Waals surface area (Å²) in [5.41, 5.74) is 1.09. The number of carbonyl (C=O) groups excluding carboxylic acids is 1. The summed E-state index contributed by atoms with van der Waals surface area (Å²) in [7, 11) is 0. The fraction of sp³-hybridized carbons (Fsp3) is 0. The molecule has 3 heteroatoms. The number of dihydropyridines is 1. The molecule has 0 aromatic rings. The summed E-state index contributed by atoms with van der Waals surface area (Å²) in [6.45, 7) is 6.75. The van der Waals surface area contributed by atoms with Crippen LogP contribution in [0.5, 0.6) is 0 Å². The molecule has 0 unspecified atom stereocenters. The molecule has 0 fully saturated rings. The van der Waals surface area contributed by atoms with Gasteiger partial charge in [-0.2, -0.15) is 0 Å². The Morgan fingerprint density at radius 2 is 2.36 bits per heavy atom. The molecule has 0 aromatic heterocycles. The lowest BCUT2D eigenvalue weighted by molar-refractivity contribution is -0.114. The van der Waals surface area contributed by atoms with Gasteiger partial charge in [-0.3, -0.25) is 4.79 Å². The van der Waals surface area contributed by atoms with E-state index < -0.39 is 0 Å². The molecular weight excluding hydrogens is 140 g/mol. The Kier molecular flexibility index (Phi) is 2.01. The highest BCUT2D eigenvalue weighted by Gasteiger charge is 2.07. The van der Waals surface area contributed by atoms with Crippen molar-refractivity contribution in [1.82, 2.24) is 5.32 Å². The van der Waals surface area contributed by atoms with Crippen molar-refractivity contribution in [3.05, 3.63) is 36.2 Å². The quantitative estimate of drug-likeness (QED) is 0.558. The average Bonchev–Trinajstić information content (AvgIpc) is 2.03. The lowest BCUT2D eigenvalue weighted by atomic mass is 10.2. The molecule has 0 aliphatic carbocycles. The maximum absolute atomic E-state index is 10.9. The molecule has 0 spiro atoms. The summed E-state index contributed by atoms with van der Waals surface area (Å²) >= 11 is 0. The summed E-state index contributed by atoms with van der Waals surface area (Å²) in [4.78, 5) is 14.1. The van der Waals surface area contributed by atoms with Crippen LogP contribution in [0.3, 0.4) is 0 Å². The number of hydrogen-bond donors (Lipinski definition) is 1. The number of nitrogens with one attached hydrogen (secondary N) is 1. The normalized spacial score (nSPS) is 15.3. The van der Waals surface area contributed by atoms with E-state index in [9.17, 15) is 4.79 Å². The van der Waals surface area contributed by atoms with E-state index in [0.29, 0.717) is 11.4 Å². The molecule has 0 saturated carbocycles. The zero-order valence-electron chi connectivity index (χ0n) is 6.00. The van der Waals surface area contributed by atoms with E-state index in [1.165, 1.54) is 0 Å². The molecular formula is C8H8N2O. The zero-order chi connectivity index (χ0) is 8.27. The Morgan fingerprint density at radius 1 is 1.64 bits per heavy atom. The van der Waals surface area contributed by atoms with Crippen LogP contribution in [0.2, 0.25) is 0 Å².